The smallest absolute Gasteiger partial charge is 0.102 e. The van der Waals surface area contributed by atoms with Crippen LogP contribution in [0.1, 0.15) is 43.4 Å². The maximum absolute atomic E-state index is 9.45. The predicted molar refractivity (Wildman–Crippen MR) is 81.1 cm³/mol. The van der Waals surface area contributed by atoms with Gasteiger partial charge < -0.3 is 5.73 Å². The van der Waals surface area contributed by atoms with Gasteiger partial charge in [0.05, 0.1) is 11.3 Å². The van der Waals surface area contributed by atoms with E-state index in [4.69, 9.17) is 5.73 Å². The van der Waals surface area contributed by atoms with Crippen LogP contribution in [0.3, 0.4) is 0 Å². The average Bonchev–Trinajstić information content (AvgIpc) is 2.44. The molecule has 0 saturated carbocycles. The number of aryl methyl sites for hydroxylation is 1. The molecule has 0 saturated heterocycles. The topological polar surface area (TPSA) is 49.8 Å². The molecule has 98 valence electrons. The molecule has 0 aromatic heterocycles. The molecule has 2 nitrogen and oxygen atoms in total. The summed E-state index contributed by atoms with van der Waals surface area (Å²) in [5.74, 6) is 0. The van der Waals surface area contributed by atoms with Crippen LogP contribution in [-0.4, -0.2) is 0 Å². The number of nitriles is 1. The first kappa shape index (κ1) is 13.4. The lowest BCUT2D eigenvalue weighted by Gasteiger charge is -2.16. The molecule has 2 heteroatoms. The van der Waals surface area contributed by atoms with Gasteiger partial charge in [-0.25, -0.2) is 0 Å². The number of nitrogens with two attached hydrogens (primary N) is 1. The predicted octanol–water partition coefficient (Wildman–Crippen LogP) is 4.20. The van der Waals surface area contributed by atoms with E-state index >= 15 is 0 Å². The second-order valence-corrected chi connectivity index (χ2v) is 4.90. The van der Waals surface area contributed by atoms with E-state index in [1.54, 1.807) is 0 Å². The van der Waals surface area contributed by atoms with Crippen LogP contribution in [0.5, 0.6) is 0 Å². The van der Waals surface area contributed by atoms with E-state index in [1.807, 2.05) is 18.2 Å². The fourth-order valence-corrected chi connectivity index (χ4v) is 2.78. The van der Waals surface area contributed by atoms with Gasteiger partial charge in [-0.2, -0.15) is 5.26 Å². The van der Waals surface area contributed by atoms with E-state index in [0.717, 1.165) is 36.6 Å². The Morgan fingerprint density at radius 2 is 1.58 bits per heavy atom. The van der Waals surface area contributed by atoms with Gasteiger partial charge in [-0.05, 0) is 29.4 Å². The Hall–Kier alpha value is -2.01. The van der Waals surface area contributed by atoms with Crippen molar-refractivity contribution in [2.75, 3.05) is 5.73 Å². The third-order valence-corrected chi connectivity index (χ3v) is 3.59. The van der Waals surface area contributed by atoms with Gasteiger partial charge in [-0.3, -0.25) is 0 Å². The summed E-state index contributed by atoms with van der Waals surface area (Å²) in [6.07, 6.45) is 4.04. The third kappa shape index (κ3) is 2.29. The molecule has 0 atom stereocenters. The van der Waals surface area contributed by atoms with Crippen LogP contribution in [0.4, 0.5) is 5.69 Å². The lowest BCUT2D eigenvalue weighted by Crippen LogP contribution is -2.04. The fraction of sp³-hybridized carbons (Fsp3) is 0.353. The quantitative estimate of drug-likeness (QED) is 0.829. The zero-order chi connectivity index (χ0) is 13.8. The van der Waals surface area contributed by atoms with Crippen LogP contribution < -0.4 is 5.73 Å². The molecule has 2 aromatic carbocycles. The molecule has 0 aliphatic carbocycles. The molecule has 0 unspecified atom stereocenters. The molecule has 0 spiro atoms. The molecule has 0 fully saturated rings. The molecule has 2 N–H and O–H groups in total. The molecule has 0 radical (unpaired) electrons. The van der Waals surface area contributed by atoms with Crippen molar-refractivity contribution in [1.29, 1.82) is 5.26 Å². The number of hydrogen-bond donors (Lipinski definition) is 1. The third-order valence-electron chi connectivity index (χ3n) is 3.59. The molecule has 0 amide bonds. The van der Waals surface area contributed by atoms with Crippen molar-refractivity contribution < 1.29 is 0 Å². The van der Waals surface area contributed by atoms with Gasteiger partial charge >= 0.3 is 0 Å². The van der Waals surface area contributed by atoms with Crippen molar-refractivity contribution in [2.45, 2.75) is 39.5 Å². The van der Waals surface area contributed by atoms with Gasteiger partial charge in [0.1, 0.15) is 6.07 Å². The van der Waals surface area contributed by atoms with Crippen LogP contribution in [0.25, 0.3) is 10.8 Å². The van der Waals surface area contributed by atoms with Crippen LogP contribution in [-0.2, 0) is 12.8 Å². The number of anilines is 1. The van der Waals surface area contributed by atoms with Gasteiger partial charge in [0.25, 0.3) is 0 Å². The Balaban J connectivity index is 2.87. The number of fused-ring (bicyclic) bond motifs is 1. The van der Waals surface area contributed by atoms with Crippen molar-refractivity contribution >= 4 is 16.5 Å². The van der Waals surface area contributed by atoms with Crippen LogP contribution in [0.15, 0.2) is 24.3 Å². The zero-order valence-electron chi connectivity index (χ0n) is 11.7. The van der Waals surface area contributed by atoms with E-state index in [2.05, 4.69) is 26.0 Å². The second kappa shape index (κ2) is 5.75. The molecule has 0 bridgehead atoms. The van der Waals surface area contributed by atoms with E-state index in [0.29, 0.717) is 11.3 Å². The van der Waals surface area contributed by atoms with Crippen molar-refractivity contribution in [3.05, 3.63) is 41.0 Å². The Bertz CT molecular complexity index is 636. The highest BCUT2D eigenvalue weighted by molar-refractivity contribution is 5.99. The van der Waals surface area contributed by atoms with E-state index in [-0.39, 0.29) is 0 Å². The van der Waals surface area contributed by atoms with E-state index in [1.165, 1.54) is 10.9 Å². The summed E-state index contributed by atoms with van der Waals surface area (Å²) in [4.78, 5) is 0. The maximum Gasteiger partial charge on any atom is 0.102 e. The summed E-state index contributed by atoms with van der Waals surface area (Å²) in [6.45, 7) is 4.31. The summed E-state index contributed by atoms with van der Waals surface area (Å²) in [7, 11) is 0. The highest BCUT2D eigenvalue weighted by Crippen LogP contribution is 2.33. The lowest BCUT2D eigenvalue weighted by atomic mass is 9.88. The summed E-state index contributed by atoms with van der Waals surface area (Å²) < 4.78 is 0. The number of rotatable bonds is 4. The normalized spacial score (nSPS) is 10.6. The SMILES string of the molecule is CCCc1c(C#N)c(N)c2ccccc2c1CCC. The molecule has 2 rings (SSSR count). The minimum absolute atomic E-state index is 0.640. The number of nitrogens with zero attached hydrogens (tertiary/aromatic N) is 1. The molecule has 19 heavy (non-hydrogen) atoms. The maximum atomic E-state index is 9.45. The monoisotopic (exact) mass is 252 g/mol. The summed E-state index contributed by atoms with van der Waals surface area (Å²) >= 11 is 0. The highest BCUT2D eigenvalue weighted by atomic mass is 14.6. The van der Waals surface area contributed by atoms with Gasteiger partial charge in [-0.15, -0.1) is 0 Å². The summed E-state index contributed by atoms with van der Waals surface area (Å²) in [5, 5.41) is 11.7. The Morgan fingerprint density at radius 3 is 2.16 bits per heavy atom. The zero-order valence-corrected chi connectivity index (χ0v) is 11.7. The number of hydrogen-bond acceptors (Lipinski definition) is 2. The highest BCUT2D eigenvalue weighted by Gasteiger charge is 2.16. The molecular formula is C17H20N2. The van der Waals surface area contributed by atoms with E-state index in [9.17, 15) is 5.26 Å². The van der Waals surface area contributed by atoms with E-state index < -0.39 is 0 Å². The first-order valence-corrected chi connectivity index (χ1v) is 6.96. The summed E-state index contributed by atoms with van der Waals surface area (Å²) in [5.41, 5.74) is 9.99. The Kier molecular flexibility index (Phi) is 4.06. The van der Waals surface area contributed by atoms with Crippen LogP contribution in [0, 0.1) is 11.3 Å². The molecular weight excluding hydrogens is 232 g/mol. The second-order valence-electron chi connectivity index (χ2n) is 4.90. The standard InChI is InChI=1S/C17H20N2/c1-3-7-12-13(8-4-2)16(11-18)17(19)15-10-6-5-9-14(12)15/h5-6,9-10H,3-4,7-8,19H2,1-2H3. The van der Waals surface area contributed by atoms with Crippen LogP contribution in [0.2, 0.25) is 0 Å². The molecule has 2 aromatic rings. The molecule has 0 aliphatic rings. The minimum atomic E-state index is 0.640. The summed E-state index contributed by atoms with van der Waals surface area (Å²) in [6, 6.07) is 10.5. The van der Waals surface area contributed by atoms with Crippen molar-refractivity contribution in [2.24, 2.45) is 0 Å². The van der Waals surface area contributed by atoms with Crippen molar-refractivity contribution in [1.82, 2.24) is 0 Å². The lowest BCUT2D eigenvalue weighted by molar-refractivity contribution is 0.866. The van der Waals surface area contributed by atoms with Crippen molar-refractivity contribution in [3.8, 4) is 6.07 Å². The van der Waals surface area contributed by atoms with Gasteiger partial charge in [-0.1, -0.05) is 51.0 Å². The van der Waals surface area contributed by atoms with Crippen LogP contribution >= 0.6 is 0 Å². The number of benzene rings is 2. The van der Waals surface area contributed by atoms with Gasteiger partial charge in [0.15, 0.2) is 0 Å². The Labute approximate surface area is 114 Å². The average molecular weight is 252 g/mol. The molecule has 0 aliphatic heterocycles. The van der Waals surface area contributed by atoms with Crippen molar-refractivity contribution in [3.63, 3.8) is 0 Å². The largest absolute Gasteiger partial charge is 0.397 e. The van der Waals surface area contributed by atoms with Gasteiger partial charge in [0.2, 0.25) is 0 Å². The first-order valence-electron chi connectivity index (χ1n) is 6.96. The first-order chi connectivity index (χ1) is 9.24. The minimum Gasteiger partial charge on any atom is -0.397 e. The molecule has 0 heterocycles. The number of nitrogen functional groups attached to an aromatic ring is 1. The van der Waals surface area contributed by atoms with Gasteiger partial charge in [0, 0.05) is 5.39 Å². The Morgan fingerprint density at radius 1 is 1.00 bits per heavy atom. The fourth-order valence-electron chi connectivity index (χ4n) is 2.78.